The third kappa shape index (κ3) is 3.69. The molecule has 148 valence electrons. The number of piperidine rings is 1. The van der Waals surface area contributed by atoms with Crippen LogP contribution in [-0.2, 0) is 15.8 Å². The Morgan fingerprint density at radius 2 is 1.86 bits per heavy atom. The van der Waals surface area contributed by atoms with E-state index in [2.05, 4.69) is 0 Å². The van der Waals surface area contributed by atoms with Crippen LogP contribution in [0.1, 0.15) is 23.5 Å². The second kappa shape index (κ2) is 7.43. The fourth-order valence-corrected chi connectivity index (χ4v) is 3.62. The van der Waals surface area contributed by atoms with Gasteiger partial charge in [0.2, 0.25) is 11.8 Å². The minimum Gasteiger partial charge on any atom is -0.369 e. The zero-order valence-corrected chi connectivity index (χ0v) is 15.1. The number of nitrogens with two attached hydrogens (primary N) is 1. The van der Waals surface area contributed by atoms with Crippen LogP contribution in [0.4, 0.5) is 23.2 Å². The van der Waals surface area contributed by atoms with Crippen molar-refractivity contribution < 1.29 is 27.2 Å². The van der Waals surface area contributed by atoms with E-state index in [4.69, 9.17) is 17.3 Å². The van der Waals surface area contributed by atoms with Crippen molar-refractivity contribution >= 4 is 29.1 Å². The molecule has 2 aromatic carbocycles. The molecule has 0 radical (unpaired) electrons. The topological polar surface area (TPSA) is 63.4 Å². The molecule has 0 unspecified atom stereocenters. The molecule has 1 aliphatic heterocycles. The van der Waals surface area contributed by atoms with E-state index < -0.39 is 41.2 Å². The Morgan fingerprint density at radius 3 is 2.50 bits per heavy atom. The molecule has 1 saturated heterocycles. The van der Waals surface area contributed by atoms with Crippen LogP contribution >= 0.6 is 11.6 Å². The number of nitrogens with zero attached hydrogens (tertiary/aromatic N) is 1. The maximum absolute atomic E-state index is 14.3. The summed E-state index contributed by atoms with van der Waals surface area (Å²) in [5.74, 6) is -4.85. The number of rotatable bonds is 3. The van der Waals surface area contributed by atoms with Gasteiger partial charge in [0.15, 0.2) is 5.82 Å². The highest BCUT2D eigenvalue weighted by Gasteiger charge is 2.43. The highest BCUT2D eigenvalue weighted by Crippen LogP contribution is 2.39. The zero-order chi connectivity index (χ0) is 20.6. The molecule has 2 atom stereocenters. The largest absolute Gasteiger partial charge is 0.416 e. The third-order valence-electron chi connectivity index (χ3n) is 4.77. The van der Waals surface area contributed by atoms with Crippen molar-refractivity contribution in [2.75, 3.05) is 11.4 Å². The Labute approximate surface area is 162 Å². The minimum absolute atomic E-state index is 0.000781. The van der Waals surface area contributed by atoms with Gasteiger partial charge in [-0.3, -0.25) is 9.59 Å². The SMILES string of the molecule is NC(=O)[C@@H]1C(=O)N(c2cccc(Cl)c2F)CC[C@@H]1c1cccc(C(F)(F)F)c1. The van der Waals surface area contributed by atoms with Gasteiger partial charge in [-0.15, -0.1) is 0 Å². The molecule has 2 N–H and O–H groups in total. The highest BCUT2D eigenvalue weighted by molar-refractivity contribution is 6.31. The lowest BCUT2D eigenvalue weighted by Crippen LogP contribution is -2.50. The van der Waals surface area contributed by atoms with Gasteiger partial charge < -0.3 is 10.6 Å². The van der Waals surface area contributed by atoms with Crippen LogP contribution in [0, 0.1) is 11.7 Å². The molecule has 2 aromatic rings. The van der Waals surface area contributed by atoms with Gasteiger partial charge in [0.25, 0.3) is 0 Å². The first-order valence-electron chi connectivity index (χ1n) is 8.33. The molecule has 28 heavy (non-hydrogen) atoms. The lowest BCUT2D eigenvalue weighted by Gasteiger charge is -2.37. The predicted molar refractivity (Wildman–Crippen MR) is 95.2 cm³/mol. The Balaban J connectivity index is 1.98. The maximum atomic E-state index is 14.3. The summed E-state index contributed by atoms with van der Waals surface area (Å²) >= 11 is 5.75. The summed E-state index contributed by atoms with van der Waals surface area (Å²) in [4.78, 5) is 25.9. The number of hydrogen-bond donors (Lipinski definition) is 1. The average molecular weight is 415 g/mol. The molecule has 0 aliphatic carbocycles. The van der Waals surface area contributed by atoms with Crippen LogP contribution in [-0.4, -0.2) is 18.4 Å². The van der Waals surface area contributed by atoms with Crippen LogP contribution in [0.25, 0.3) is 0 Å². The highest BCUT2D eigenvalue weighted by atomic mass is 35.5. The molecule has 1 aliphatic rings. The molecule has 1 fully saturated rings. The first kappa shape index (κ1) is 20.1. The van der Waals surface area contributed by atoms with Crippen molar-refractivity contribution in [3.8, 4) is 0 Å². The van der Waals surface area contributed by atoms with E-state index in [1.807, 2.05) is 0 Å². The Morgan fingerprint density at radius 1 is 1.18 bits per heavy atom. The first-order chi connectivity index (χ1) is 13.1. The van der Waals surface area contributed by atoms with Gasteiger partial charge in [-0.1, -0.05) is 35.9 Å². The van der Waals surface area contributed by atoms with E-state index >= 15 is 0 Å². The second-order valence-electron chi connectivity index (χ2n) is 6.46. The number of halogens is 5. The number of carbonyl (C=O) groups excluding carboxylic acids is 2. The normalized spacial score (nSPS) is 20.3. The number of amides is 2. The van der Waals surface area contributed by atoms with Gasteiger partial charge in [0, 0.05) is 12.5 Å². The number of carbonyl (C=O) groups is 2. The van der Waals surface area contributed by atoms with Crippen LogP contribution in [0.2, 0.25) is 5.02 Å². The average Bonchev–Trinajstić information content (AvgIpc) is 2.63. The van der Waals surface area contributed by atoms with Gasteiger partial charge in [-0.05, 0) is 30.2 Å². The first-order valence-corrected chi connectivity index (χ1v) is 8.71. The molecular weight excluding hydrogens is 400 g/mol. The molecule has 0 spiro atoms. The quantitative estimate of drug-likeness (QED) is 0.606. The third-order valence-corrected chi connectivity index (χ3v) is 5.06. The summed E-state index contributed by atoms with van der Waals surface area (Å²) in [5.41, 5.74) is 4.58. The Hall–Kier alpha value is -2.61. The summed E-state index contributed by atoms with van der Waals surface area (Å²) in [7, 11) is 0. The van der Waals surface area contributed by atoms with Gasteiger partial charge in [0.05, 0.1) is 16.3 Å². The van der Waals surface area contributed by atoms with E-state index in [1.54, 1.807) is 0 Å². The fraction of sp³-hybridized carbons (Fsp3) is 0.263. The number of hydrogen-bond acceptors (Lipinski definition) is 2. The molecule has 1 heterocycles. The van der Waals surface area contributed by atoms with E-state index in [-0.39, 0.29) is 29.2 Å². The summed E-state index contributed by atoms with van der Waals surface area (Å²) in [6, 6.07) is 8.53. The molecule has 0 aromatic heterocycles. The minimum atomic E-state index is -4.56. The monoisotopic (exact) mass is 414 g/mol. The van der Waals surface area contributed by atoms with E-state index in [1.165, 1.54) is 30.3 Å². The number of primary amides is 1. The number of benzene rings is 2. The number of alkyl halides is 3. The lowest BCUT2D eigenvalue weighted by molar-refractivity contribution is -0.137. The lowest BCUT2D eigenvalue weighted by atomic mass is 9.79. The van der Waals surface area contributed by atoms with Crippen LogP contribution < -0.4 is 10.6 Å². The summed E-state index contributed by atoms with van der Waals surface area (Å²) < 4.78 is 53.4. The van der Waals surface area contributed by atoms with Crippen molar-refractivity contribution in [2.24, 2.45) is 11.7 Å². The van der Waals surface area contributed by atoms with Crippen LogP contribution in [0.3, 0.4) is 0 Å². The predicted octanol–water partition coefficient (Wildman–Crippen LogP) is 4.12. The van der Waals surface area contributed by atoms with Gasteiger partial charge in [-0.2, -0.15) is 13.2 Å². The molecule has 0 bridgehead atoms. The molecule has 0 saturated carbocycles. The smallest absolute Gasteiger partial charge is 0.369 e. The Kier molecular flexibility index (Phi) is 5.34. The molecule has 2 amide bonds. The van der Waals surface area contributed by atoms with Gasteiger partial charge >= 0.3 is 6.18 Å². The summed E-state index contributed by atoms with van der Waals surface area (Å²) in [6.07, 6.45) is -4.43. The van der Waals surface area contributed by atoms with Crippen molar-refractivity contribution in [1.82, 2.24) is 0 Å². The summed E-state index contributed by atoms with van der Waals surface area (Å²) in [6.45, 7) is 0.000781. The van der Waals surface area contributed by atoms with E-state index in [0.717, 1.165) is 17.0 Å². The summed E-state index contributed by atoms with van der Waals surface area (Å²) in [5, 5.41) is -0.194. The van der Waals surface area contributed by atoms with Gasteiger partial charge in [0.1, 0.15) is 5.92 Å². The van der Waals surface area contributed by atoms with Crippen LogP contribution in [0.5, 0.6) is 0 Å². The van der Waals surface area contributed by atoms with Crippen molar-refractivity contribution in [1.29, 1.82) is 0 Å². The van der Waals surface area contributed by atoms with Crippen molar-refractivity contribution in [3.05, 3.63) is 64.4 Å². The van der Waals surface area contributed by atoms with Crippen LogP contribution in [0.15, 0.2) is 42.5 Å². The van der Waals surface area contributed by atoms with Gasteiger partial charge in [-0.25, -0.2) is 4.39 Å². The van der Waals surface area contributed by atoms with E-state index in [0.29, 0.717) is 0 Å². The molecule has 3 rings (SSSR count). The second-order valence-corrected chi connectivity index (χ2v) is 6.87. The van der Waals surface area contributed by atoms with Crippen molar-refractivity contribution in [2.45, 2.75) is 18.5 Å². The number of anilines is 1. The molecular formula is C19H15ClF4N2O2. The maximum Gasteiger partial charge on any atom is 0.416 e. The van der Waals surface area contributed by atoms with Crippen molar-refractivity contribution in [3.63, 3.8) is 0 Å². The fourth-order valence-electron chi connectivity index (χ4n) is 3.45. The molecule has 4 nitrogen and oxygen atoms in total. The molecule has 9 heteroatoms. The zero-order valence-electron chi connectivity index (χ0n) is 14.3. The Bertz CT molecular complexity index is 932. The standard InChI is InChI=1S/C19H15ClF4N2O2/c20-13-5-2-6-14(16(13)21)26-8-7-12(15(17(25)27)18(26)28)10-3-1-4-11(9-10)19(22,23)24/h1-6,9,12,15H,7-8H2,(H2,25,27)/t12-,15-/m1/s1. The van der Waals surface area contributed by atoms with E-state index in [9.17, 15) is 27.2 Å².